The van der Waals surface area contributed by atoms with Crippen LogP contribution in [0.25, 0.3) is 11.3 Å². The Morgan fingerprint density at radius 3 is 2.77 bits per heavy atom. The normalized spacial score (nSPS) is 19.5. The molecule has 1 aliphatic rings. The molecule has 0 spiro atoms. The zero-order valence-electron chi connectivity index (χ0n) is 17.6. The molecule has 0 bridgehead atoms. The molecule has 1 fully saturated rings. The van der Waals surface area contributed by atoms with E-state index in [1.54, 1.807) is 11.1 Å². The third-order valence-electron chi connectivity index (χ3n) is 5.79. The number of pyridine rings is 1. The van der Waals surface area contributed by atoms with Crippen molar-refractivity contribution in [3.05, 3.63) is 72.2 Å². The highest BCUT2D eigenvalue weighted by Crippen LogP contribution is 2.36. The summed E-state index contributed by atoms with van der Waals surface area (Å²) in [5, 5.41) is 4.25. The van der Waals surface area contributed by atoms with Gasteiger partial charge in [-0.25, -0.2) is 0 Å². The Bertz CT molecular complexity index is 971. The van der Waals surface area contributed by atoms with Crippen LogP contribution in [0.2, 0.25) is 0 Å². The minimum atomic E-state index is -0.516. The average Bonchev–Trinajstić information content (AvgIpc) is 3.23. The fraction of sp³-hybridized carbons (Fsp3) is 0.375. The van der Waals surface area contributed by atoms with Gasteiger partial charge in [0.15, 0.2) is 0 Å². The minimum Gasteiger partial charge on any atom is -0.361 e. The molecular formula is C24H28N4O2. The largest absolute Gasteiger partial charge is 0.361 e. The second-order valence-electron chi connectivity index (χ2n) is 8.38. The number of piperidine rings is 1. The first kappa shape index (κ1) is 20.3. The molecule has 30 heavy (non-hydrogen) atoms. The average molecular weight is 405 g/mol. The predicted octanol–water partition coefficient (Wildman–Crippen LogP) is 3.65. The number of rotatable bonds is 6. The van der Waals surface area contributed by atoms with Crippen molar-refractivity contribution in [1.29, 1.82) is 0 Å². The van der Waals surface area contributed by atoms with E-state index >= 15 is 0 Å². The van der Waals surface area contributed by atoms with Gasteiger partial charge in [-0.1, -0.05) is 41.6 Å². The van der Waals surface area contributed by atoms with Gasteiger partial charge in [0.1, 0.15) is 11.5 Å². The minimum absolute atomic E-state index is 0.149. The van der Waals surface area contributed by atoms with Gasteiger partial charge < -0.3 is 9.42 Å². The van der Waals surface area contributed by atoms with Gasteiger partial charge in [0, 0.05) is 57.6 Å². The molecule has 1 aromatic carbocycles. The summed E-state index contributed by atoms with van der Waals surface area (Å²) < 4.78 is 5.68. The summed E-state index contributed by atoms with van der Waals surface area (Å²) in [6.45, 7) is 2.46. The maximum absolute atomic E-state index is 13.3. The monoisotopic (exact) mass is 404 g/mol. The van der Waals surface area contributed by atoms with Crippen molar-refractivity contribution in [2.24, 2.45) is 5.41 Å². The van der Waals surface area contributed by atoms with E-state index < -0.39 is 5.41 Å². The number of likely N-dealkylation sites (tertiary alicyclic amines) is 1. The van der Waals surface area contributed by atoms with Gasteiger partial charge in [-0.05, 0) is 31.0 Å². The number of carbonyl (C=O) groups excluding carboxylic acids is 1. The van der Waals surface area contributed by atoms with Crippen molar-refractivity contribution in [3.8, 4) is 11.3 Å². The van der Waals surface area contributed by atoms with Crippen LogP contribution in [0, 0.1) is 5.41 Å². The molecule has 4 rings (SSSR count). The molecule has 1 aliphatic heterocycles. The quantitative estimate of drug-likeness (QED) is 0.628. The van der Waals surface area contributed by atoms with E-state index in [2.05, 4.69) is 21.1 Å². The SMILES string of the molecule is CN(C)C(=O)[C@@]1(Cc2cc(-c3ccccc3)no2)CCCN(Cc2cccnc2)C1. The van der Waals surface area contributed by atoms with Crippen molar-refractivity contribution in [2.45, 2.75) is 25.8 Å². The molecule has 3 aromatic rings. The molecule has 0 radical (unpaired) electrons. The molecule has 0 N–H and O–H groups in total. The van der Waals surface area contributed by atoms with E-state index in [0.29, 0.717) is 13.0 Å². The fourth-order valence-electron chi connectivity index (χ4n) is 4.46. The van der Waals surface area contributed by atoms with Gasteiger partial charge in [0.2, 0.25) is 5.91 Å². The smallest absolute Gasteiger partial charge is 0.230 e. The maximum atomic E-state index is 13.3. The van der Waals surface area contributed by atoms with E-state index in [4.69, 9.17) is 4.52 Å². The Morgan fingerprint density at radius 2 is 2.03 bits per heavy atom. The third-order valence-corrected chi connectivity index (χ3v) is 5.79. The lowest BCUT2D eigenvalue weighted by Gasteiger charge is -2.42. The molecule has 156 valence electrons. The molecule has 1 atom stereocenters. The lowest BCUT2D eigenvalue weighted by molar-refractivity contribution is -0.143. The van der Waals surface area contributed by atoms with E-state index in [1.807, 2.05) is 62.8 Å². The molecule has 3 heterocycles. The van der Waals surface area contributed by atoms with Gasteiger partial charge in [0.05, 0.1) is 5.41 Å². The molecule has 6 heteroatoms. The van der Waals surface area contributed by atoms with Crippen LogP contribution in [0.3, 0.4) is 0 Å². The van der Waals surface area contributed by atoms with Crippen LogP contribution < -0.4 is 0 Å². The Morgan fingerprint density at radius 1 is 1.20 bits per heavy atom. The Hall–Kier alpha value is -2.99. The lowest BCUT2D eigenvalue weighted by atomic mass is 9.75. The molecule has 1 amide bonds. The molecule has 0 aliphatic carbocycles. The summed E-state index contributed by atoms with van der Waals surface area (Å²) >= 11 is 0. The third kappa shape index (κ3) is 4.44. The number of aromatic nitrogens is 2. The second-order valence-corrected chi connectivity index (χ2v) is 8.38. The van der Waals surface area contributed by atoms with Crippen LogP contribution in [-0.2, 0) is 17.8 Å². The number of carbonyl (C=O) groups is 1. The van der Waals surface area contributed by atoms with Crippen LogP contribution >= 0.6 is 0 Å². The van der Waals surface area contributed by atoms with Gasteiger partial charge >= 0.3 is 0 Å². The Kier molecular flexibility index (Phi) is 5.95. The first-order valence-corrected chi connectivity index (χ1v) is 10.4. The second kappa shape index (κ2) is 8.79. The summed E-state index contributed by atoms with van der Waals surface area (Å²) in [4.78, 5) is 21.6. The maximum Gasteiger partial charge on any atom is 0.230 e. The number of nitrogens with zero attached hydrogens (tertiary/aromatic N) is 4. The van der Waals surface area contributed by atoms with Crippen LogP contribution in [0.4, 0.5) is 0 Å². The summed E-state index contributed by atoms with van der Waals surface area (Å²) in [5.74, 6) is 0.906. The summed E-state index contributed by atoms with van der Waals surface area (Å²) in [7, 11) is 3.67. The van der Waals surface area contributed by atoms with Gasteiger partial charge in [-0.3, -0.25) is 14.7 Å². The van der Waals surface area contributed by atoms with Gasteiger partial charge in [-0.2, -0.15) is 0 Å². The van der Waals surface area contributed by atoms with E-state index in [0.717, 1.165) is 48.5 Å². The van der Waals surface area contributed by atoms with Gasteiger partial charge in [0.25, 0.3) is 0 Å². The molecular weight excluding hydrogens is 376 g/mol. The van der Waals surface area contributed by atoms with E-state index in [9.17, 15) is 4.79 Å². The highest BCUT2D eigenvalue weighted by molar-refractivity contribution is 5.83. The van der Waals surface area contributed by atoms with Crippen LogP contribution in [0.5, 0.6) is 0 Å². The molecule has 2 aromatic heterocycles. The fourth-order valence-corrected chi connectivity index (χ4v) is 4.46. The van der Waals surface area contributed by atoms with Crippen LogP contribution in [-0.4, -0.2) is 53.0 Å². The summed E-state index contributed by atoms with van der Waals surface area (Å²) in [6.07, 6.45) is 6.04. The van der Waals surface area contributed by atoms with E-state index in [1.165, 1.54) is 0 Å². The number of benzene rings is 1. The molecule has 0 saturated carbocycles. The molecule has 0 unspecified atom stereocenters. The standard InChI is InChI=1S/C24H28N4O2/c1-27(2)23(29)24(11-7-13-28(18-24)17-19-8-6-12-25-16-19)15-21-14-22(26-30-21)20-9-4-3-5-10-20/h3-6,8-10,12,14,16H,7,11,13,15,17-18H2,1-2H3/t24-/m1/s1. The van der Waals surface area contributed by atoms with Crippen LogP contribution in [0.15, 0.2) is 65.4 Å². The summed E-state index contributed by atoms with van der Waals surface area (Å²) in [6, 6.07) is 16.0. The van der Waals surface area contributed by atoms with Crippen LogP contribution in [0.1, 0.15) is 24.2 Å². The zero-order valence-corrected chi connectivity index (χ0v) is 17.6. The number of hydrogen-bond acceptors (Lipinski definition) is 5. The molecule has 1 saturated heterocycles. The Balaban J connectivity index is 1.57. The lowest BCUT2D eigenvalue weighted by Crippen LogP contribution is -2.52. The van der Waals surface area contributed by atoms with Crippen molar-refractivity contribution in [2.75, 3.05) is 27.2 Å². The highest BCUT2D eigenvalue weighted by Gasteiger charge is 2.44. The first-order valence-electron chi connectivity index (χ1n) is 10.4. The summed E-state index contributed by atoms with van der Waals surface area (Å²) in [5.41, 5.74) is 2.47. The highest BCUT2D eigenvalue weighted by atomic mass is 16.5. The number of hydrogen-bond donors (Lipinski definition) is 0. The number of amides is 1. The predicted molar refractivity (Wildman–Crippen MR) is 116 cm³/mol. The van der Waals surface area contributed by atoms with E-state index in [-0.39, 0.29) is 5.91 Å². The van der Waals surface area contributed by atoms with Gasteiger partial charge in [-0.15, -0.1) is 0 Å². The van der Waals surface area contributed by atoms with Crippen molar-refractivity contribution in [1.82, 2.24) is 19.9 Å². The Labute approximate surface area is 177 Å². The van der Waals surface area contributed by atoms with Crippen molar-refractivity contribution in [3.63, 3.8) is 0 Å². The zero-order chi connectivity index (χ0) is 21.0. The molecule has 6 nitrogen and oxygen atoms in total. The van der Waals surface area contributed by atoms with Crippen molar-refractivity contribution >= 4 is 5.91 Å². The topological polar surface area (TPSA) is 62.5 Å². The first-order chi connectivity index (χ1) is 14.6. The van der Waals surface area contributed by atoms with Crippen molar-refractivity contribution < 1.29 is 9.32 Å².